The second-order valence-corrected chi connectivity index (χ2v) is 3.49. The summed E-state index contributed by atoms with van der Waals surface area (Å²) in [5.74, 6) is 0.660. The van der Waals surface area contributed by atoms with E-state index in [-0.39, 0.29) is 11.9 Å². The van der Waals surface area contributed by atoms with Gasteiger partial charge >= 0.3 is 0 Å². The molecule has 1 fully saturated rings. The highest BCUT2D eigenvalue weighted by Gasteiger charge is 2.28. The highest BCUT2D eigenvalue weighted by Crippen LogP contribution is 2.11. The third-order valence-electron chi connectivity index (χ3n) is 2.32. The number of hydrogen-bond acceptors (Lipinski definition) is 4. The first-order chi connectivity index (χ1) is 6.66. The summed E-state index contributed by atoms with van der Waals surface area (Å²) in [5, 5.41) is 4.10. The molecule has 1 unspecified atom stereocenters. The Labute approximate surface area is 81.7 Å². The van der Waals surface area contributed by atoms with Crippen molar-refractivity contribution in [2.45, 2.75) is 19.0 Å². The van der Waals surface area contributed by atoms with Crippen molar-refractivity contribution in [3.63, 3.8) is 0 Å². The minimum Gasteiger partial charge on any atom is -0.334 e. The first kappa shape index (κ1) is 9.14. The van der Waals surface area contributed by atoms with Crippen molar-refractivity contribution >= 4 is 5.91 Å². The second-order valence-electron chi connectivity index (χ2n) is 3.49. The number of nitrogens with zero attached hydrogens (tertiary/aromatic N) is 4. The van der Waals surface area contributed by atoms with Gasteiger partial charge in [0.25, 0.3) is 0 Å². The van der Waals surface area contributed by atoms with Gasteiger partial charge < -0.3 is 10.6 Å². The van der Waals surface area contributed by atoms with E-state index in [0.717, 1.165) is 6.42 Å². The lowest BCUT2D eigenvalue weighted by atomic mass is 10.3. The van der Waals surface area contributed by atoms with Gasteiger partial charge in [-0.15, -0.1) is 0 Å². The Morgan fingerprint density at radius 3 is 3.00 bits per heavy atom. The Morgan fingerprint density at radius 2 is 2.50 bits per heavy atom. The molecule has 0 bridgehead atoms. The summed E-state index contributed by atoms with van der Waals surface area (Å²) in [4.78, 5) is 17.2. The van der Waals surface area contributed by atoms with E-state index in [1.54, 1.807) is 23.0 Å². The summed E-state index contributed by atoms with van der Waals surface area (Å²) in [6.07, 6.45) is 2.35. The molecule has 1 aliphatic heterocycles. The molecule has 1 aromatic heterocycles. The van der Waals surface area contributed by atoms with E-state index in [0.29, 0.717) is 18.9 Å². The van der Waals surface area contributed by atoms with Crippen molar-refractivity contribution in [1.82, 2.24) is 19.7 Å². The zero-order chi connectivity index (χ0) is 10.1. The van der Waals surface area contributed by atoms with Crippen LogP contribution >= 0.6 is 0 Å². The van der Waals surface area contributed by atoms with Gasteiger partial charge in [-0.3, -0.25) is 9.48 Å². The lowest BCUT2D eigenvalue weighted by molar-refractivity contribution is -0.129. The fourth-order valence-corrected chi connectivity index (χ4v) is 1.55. The van der Waals surface area contributed by atoms with E-state index >= 15 is 0 Å². The SMILES string of the molecule is Cn1cnc(CN2CCC(N)C2=O)n1. The van der Waals surface area contributed by atoms with E-state index < -0.39 is 0 Å². The first-order valence-corrected chi connectivity index (χ1v) is 4.55. The zero-order valence-electron chi connectivity index (χ0n) is 8.05. The van der Waals surface area contributed by atoms with Gasteiger partial charge in [-0.2, -0.15) is 5.10 Å². The number of hydrogen-bond donors (Lipinski definition) is 1. The topological polar surface area (TPSA) is 77.0 Å². The van der Waals surface area contributed by atoms with Crippen LogP contribution in [0.2, 0.25) is 0 Å². The van der Waals surface area contributed by atoms with Crippen LogP contribution in [0.1, 0.15) is 12.2 Å². The zero-order valence-corrected chi connectivity index (χ0v) is 8.05. The molecule has 0 aromatic carbocycles. The Kier molecular flexibility index (Phi) is 2.20. The van der Waals surface area contributed by atoms with Gasteiger partial charge in [-0.05, 0) is 6.42 Å². The molecule has 6 heteroatoms. The number of amides is 1. The van der Waals surface area contributed by atoms with Crippen molar-refractivity contribution in [2.24, 2.45) is 12.8 Å². The van der Waals surface area contributed by atoms with Crippen molar-refractivity contribution in [3.8, 4) is 0 Å². The predicted molar refractivity (Wildman–Crippen MR) is 49.0 cm³/mol. The number of aryl methyl sites for hydroxylation is 1. The molecule has 1 amide bonds. The monoisotopic (exact) mass is 195 g/mol. The molecule has 0 aliphatic carbocycles. The maximum atomic E-state index is 11.5. The molecule has 1 aliphatic rings. The van der Waals surface area contributed by atoms with Gasteiger partial charge in [0, 0.05) is 13.6 Å². The molecule has 76 valence electrons. The third-order valence-corrected chi connectivity index (χ3v) is 2.32. The first-order valence-electron chi connectivity index (χ1n) is 4.55. The van der Waals surface area contributed by atoms with Crippen molar-refractivity contribution in [3.05, 3.63) is 12.2 Å². The lowest BCUT2D eigenvalue weighted by Crippen LogP contribution is -2.33. The lowest BCUT2D eigenvalue weighted by Gasteiger charge is -2.12. The molecular weight excluding hydrogens is 182 g/mol. The molecular formula is C8H13N5O. The number of aromatic nitrogens is 3. The smallest absolute Gasteiger partial charge is 0.239 e. The maximum Gasteiger partial charge on any atom is 0.239 e. The second kappa shape index (κ2) is 3.38. The molecule has 6 nitrogen and oxygen atoms in total. The summed E-state index contributed by atoms with van der Waals surface area (Å²) in [7, 11) is 1.80. The van der Waals surface area contributed by atoms with Gasteiger partial charge in [0.05, 0.1) is 12.6 Å². The Balaban J connectivity index is 2.02. The van der Waals surface area contributed by atoms with Crippen molar-refractivity contribution in [2.75, 3.05) is 6.54 Å². The van der Waals surface area contributed by atoms with Crippen molar-refractivity contribution < 1.29 is 4.79 Å². The highest BCUT2D eigenvalue weighted by atomic mass is 16.2. The summed E-state index contributed by atoms with van der Waals surface area (Å²) < 4.78 is 1.62. The van der Waals surface area contributed by atoms with Crippen LogP contribution in [0.5, 0.6) is 0 Å². The normalized spacial score (nSPS) is 22.0. The van der Waals surface area contributed by atoms with E-state index in [1.165, 1.54) is 0 Å². The summed E-state index contributed by atoms with van der Waals surface area (Å²) in [5.41, 5.74) is 5.59. The molecule has 2 N–H and O–H groups in total. The average Bonchev–Trinajstić information content (AvgIpc) is 2.67. The summed E-state index contributed by atoms with van der Waals surface area (Å²) in [6, 6.07) is -0.335. The number of carbonyl (C=O) groups excluding carboxylic acids is 1. The van der Waals surface area contributed by atoms with Crippen LogP contribution in [0.15, 0.2) is 6.33 Å². The number of nitrogens with two attached hydrogens (primary N) is 1. The van der Waals surface area contributed by atoms with Gasteiger partial charge in [0.2, 0.25) is 5.91 Å². The summed E-state index contributed by atoms with van der Waals surface area (Å²) >= 11 is 0. The number of carbonyl (C=O) groups is 1. The largest absolute Gasteiger partial charge is 0.334 e. The standard InChI is InChI=1S/C8H13N5O/c1-12-5-10-7(11-12)4-13-3-2-6(9)8(13)14/h5-6H,2-4,9H2,1H3. The van der Waals surface area contributed by atoms with Crippen LogP contribution in [0, 0.1) is 0 Å². The van der Waals surface area contributed by atoms with Gasteiger partial charge in [-0.25, -0.2) is 4.98 Å². The molecule has 2 rings (SSSR count). The van der Waals surface area contributed by atoms with Crippen LogP contribution in [0.25, 0.3) is 0 Å². The van der Waals surface area contributed by atoms with E-state index in [2.05, 4.69) is 10.1 Å². The maximum absolute atomic E-state index is 11.5. The van der Waals surface area contributed by atoms with Crippen LogP contribution in [0.4, 0.5) is 0 Å². The highest BCUT2D eigenvalue weighted by molar-refractivity contribution is 5.83. The molecule has 1 saturated heterocycles. The fraction of sp³-hybridized carbons (Fsp3) is 0.625. The van der Waals surface area contributed by atoms with E-state index in [4.69, 9.17) is 5.73 Å². The van der Waals surface area contributed by atoms with Gasteiger partial charge in [-0.1, -0.05) is 0 Å². The van der Waals surface area contributed by atoms with Crippen LogP contribution < -0.4 is 5.73 Å². The molecule has 0 spiro atoms. The summed E-state index contributed by atoms with van der Waals surface area (Å²) in [6.45, 7) is 1.17. The van der Waals surface area contributed by atoms with E-state index in [1.807, 2.05) is 0 Å². The molecule has 1 atom stereocenters. The van der Waals surface area contributed by atoms with Gasteiger partial charge in [0.1, 0.15) is 6.33 Å². The number of rotatable bonds is 2. The molecule has 1 aromatic rings. The molecule has 2 heterocycles. The van der Waals surface area contributed by atoms with E-state index in [9.17, 15) is 4.79 Å². The molecule has 0 saturated carbocycles. The van der Waals surface area contributed by atoms with Crippen molar-refractivity contribution in [1.29, 1.82) is 0 Å². The average molecular weight is 195 g/mol. The predicted octanol–water partition coefficient (Wildman–Crippen LogP) is -1.13. The Morgan fingerprint density at radius 1 is 1.71 bits per heavy atom. The van der Waals surface area contributed by atoms with Gasteiger partial charge in [0.15, 0.2) is 5.82 Å². The van der Waals surface area contributed by atoms with Crippen LogP contribution in [-0.2, 0) is 18.4 Å². The molecule has 0 radical (unpaired) electrons. The molecule has 14 heavy (non-hydrogen) atoms. The van der Waals surface area contributed by atoms with Crippen LogP contribution in [-0.4, -0.2) is 38.2 Å². The Hall–Kier alpha value is -1.43. The fourth-order valence-electron chi connectivity index (χ4n) is 1.55. The quantitative estimate of drug-likeness (QED) is 0.648. The number of likely N-dealkylation sites (tertiary alicyclic amines) is 1. The minimum atomic E-state index is -0.335. The Bertz CT molecular complexity index is 347. The van der Waals surface area contributed by atoms with Crippen LogP contribution in [0.3, 0.4) is 0 Å². The minimum absolute atomic E-state index is 0.00236. The third kappa shape index (κ3) is 1.60.